The molecule has 0 unspecified atom stereocenters. The molecule has 0 aliphatic carbocycles. The molecule has 20 heteroatoms. The molecule has 2 aliphatic rings. The van der Waals surface area contributed by atoms with Gasteiger partial charge in [-0.05, 0) is 13.8 Å². The first kappa shape index (κ1) is 29.2. The van der Waals surface area contributed by atoms with E-state index in [2.05, 4.69) is 24.8 Å². The zero-order valence-electron chi connectivity index (χ0n) is 21.6. The number of nitrogens with two attached hydrogens (primary N) is 2. The van der Waals surface area contributed by atoms with Crippen molar-refractivity contribution >= 4 is 75.5 Å². The number of hydrogen-bond donors (Lipinski definition) is 5. The van der Waals surface area contributed by atoms with E-state index in [0.29, 0.717) is 5.57 Å². The van der Waals surface area contributed by atoms with E-state index in [1.807, 2.05) is 0 Å². The van der Waals surface area contributed by atoms with Crippen LogP contribution >= 0.6 is 23.3 Å². The Balaban J connectivity index is 1.58. The summed E-state index contributed by atoms with van der Waals surface area (Å²) in [5.41, 5.74) is 9.46. The molecule has 0 radical (unpaired) electrons. The lowest BCUT2D eigenvalue weighted by Gasteiger charge is -2.49. The predicted octanol–water partition coefficient (Wildman–Crippen LogP) is -1.68. The molecule has 2 aromatic heterocycles. The zero-order chi connectivity index (χ0) is 30.2. The monoisotopic (exact) mass is 607 g/mol. The van der Waals surface area contributed by atoms with Gasteiger partial charge in [0.2, 0.25) is 29.4 Å². The summed E-state index contributed by atoms with van der Waals surface area (Å²) < 4.78 is 6.90. The molecular formula is C21H23N10O8S2+. The van der Waals surface area contributed by atoms with Crippen molar-refractivity contribution in [3.8, 4) is 0 Å². The number of aliphatic carboxylic acids is 2. The van der Waals surface area contributed by atoms with Crippen molar-refractivity contribution in [2.24, 2.45) is 17.2 Å². The quantitative estimate of drug-likeness (QED) is 0.0665. The summed E-state index contributed by atoms with van der Waals surface area (Å²) in [5.74, 6) is -4.31. The fourth-order valence-corrected chi connectivity index (χ4v) is 5.58. The summed E-state index contributed by atoms with van der Waals surface area (Å²) in [6.07, 6.45) is 2.84. The normalized spacial score (nSPS) is 18.8. The first-order chi connectivity index (χ1) is 19.3. The number of carboxylic acid groups (broad SMARTS) is 2. The number of thioether (sulfide) groups is 1. The van der Waals surface area contributed by atoms with Crippen LogP contribution in [0.5, 0.6) is 0 Å². The number of nitrogens with one attached hydrogen (secondary N) is 1. The second-order valence-electron chi connectivity index (χ2n) is 9.14. The van der Waals surface area contributed by atoms with E-state index in [-0.39, 0.29) is 40.5 Å². The number of carbonyl (C=O) groups is 4. The largest absolute Gasteiger partial charge is 0.478 e. The van der Waals surface area contributed by atoms with Crippen LogP contribution in [-0.2, 0) is 42.4 Å². The Kier molecular flexibility index (Phi) is 7.82. The minimum Gasteiger partial charge on any atom is -0.478 e. The number of nitrogen functional groups attached to an aromatic ring is 2. The van der Waals surface area contributed by atoms with Crippen molar-refractivity contribution < 1.29 is 43.7 Å². The van der Waals surface area contributed by atoms with Gasteiger partial charge in [-0.25, -0.2) is 14.4 Å². The van der Waals surface area contributed by atoms with Crippen LogP contribution in [-0.4, -0.2) is 87.5 Å². The fourth-order valence-electron chi connectivity index (χ4n) is 3.81. The highest BCUT2D eigenvalue weighted by Crippen LogP contribution is 2.40. The molecule has 0 spiro atoms. The van der Waals surface area contributed by atoms with Crippen LogP contribution in [0.4, 0.5) is 16.6 Å². The number of hydrogen-bond acceptors (Lipinski definition) is 14. The smallest absolute Gasteiger partial charge is 0.352 e. The molecule has 0 saturated carbocycles. The molecule has 4 heterocycles. The van der Waals surface area contributed by atoms with Crippen molar-refractivity contribution in [3.05, 3.63) is 23.3 Å². The molecule has 2 atom stereocenters. The van der Waals surface area contributed by atoms with Crippen LogP contribution in [0.15, 0.2) is 27.6 Å². The Morgan fingerprint density at radius 2 is 2.05 bits per heavy atom. The second-order valence-corrected chi connectivity index (χ2v) is 11.0. The van der Waals surface area contributed by atoms with E-state index in [1.54, 1.807) is 7.05 Å². The van der Waals surface area contributed by atoms with Gasteiger partial charge in [-0.1, -0.05) is 5.16 Å². The van der Waals surface area contributed by atoms with Gasteiger partial charge in [0.25, 0.3) is 11.8 Å². The molecule has 2 amide bonds. The maximum absolute atomic E-state index is 13.2. The summed E-state index contributed by atoms with van der Waals surface area (Å²) in [4.78, 5) is 74.1. The minimum atomic E-state index is -1.81. The third kappa shape index (κ3) is 5.47. The summed E-state index contributed by atoms with van der Waals surface area (Å²) in [6.45, 7) is 2.43. The predicted molar refractivity (Wildman–Crippen MR) is 141 cm³/mol. The Hall–Kier alpha value is -4.81. The number of rotatable bonds is 10. The van der Waals surface area contributed by atoms with Crippen molar-refractivity contribution in [1.29, 1.82) is 0 Å². The summed E-state index contributed by atoms with van der Waals surface area (Å²) in [7, 11) is 1.59. The lowest BCUT2D eigenvalue weighted by atomic mass is 10.0. The van der Waals surface area contributed by atoms with Gasteiger partial charge in [0.1, 0.15) is 17.1 Å². The molecule has 4 rings (SSSR count). The number of oxime groups is 1. The first-order valence-electron chi connectivity index (χ1n) is 11.5. The molecule has 0 aromatic carbocycles. The molecule has 7 N–H and O–H groups in total. The van der Waals surface area contributed by atoms with Crippen molar-refractivity contribution in [2.45, 2.75) is 37.4 Å². The molecule has 1 saturated heterocycles. The van der Waals surface area contributed by atoms with Gasteiger partial charge in [-0.2, -0.15) is 14.3 Å². The lowest BCUT2D eigenvalue weighted by molar-refractivity contribution is -0.765. The molecule has 2 aromatic rings. The SMILES string of the molecule is Cn1c(N)c(N=C=O)c[n+]1CC1=C(C(=O)O)N2C(=O)[C@@H](NC(=O)/C(=N\OC(C)(C)C(=O)O)c3nsc(N)n3)[C@H]2SC1. The van der Waals surface area contributed by atoms with Gasteiger partial charge >= 0.3 is 11.9 Å². The number of fused-ring (bicyclic) bond motifs is 1. The standard InChI is InChI=1S/C21H22N10O8S2/c1-21(2,19(37)38)39-27-10(14-26-20(23)41-28-14)15(33)25-11-16(34)31-12(18(35)36)8(6-40-17(11)31)4-30-5-9(24-7-32)13(22)29(30)3/h5,11,17,22H,4,6H2,1-3H3,(H5,23,25,26,28,33,35,36,37,38)/p+1/b27-10-/t11-,17-/m1/s1. The van der Waals surface area contributed by atoms with Crippen LogP contribution in [0, 0.1) is 0 Å². The molecule has 2 aliphatic heterocycles. The van der Waals surface area contributed by atoms with E-state index in [4.69, 9.17) is 16.3 Å². The molecule has 1 fully saturated rings. The minimum absolute atomic E-state index is 0.00146. The number of aromatic nitrogens is 4. The van der Waals surface area contributed by atoms with Crippen LogP contribution < -0.4 is 21.5 Å². The Morgan fingerprint density at radius 3 is 2.63 bits per heavy atom. The number of anilines is 2. The third-order valence-corrected chi connectivity index (χ3v) is 7.95. The Bertz CT molecular complexity index is 1570. The topological polar surface area (TPSA) is 262 Å². The van der Waals surface area contributed by atoms with Gasteiger partial charge in [-0.15, -0.1) is 21.1 Å². The number of carbonyl (C=O) groups excluding carboxylic acids is 3. The number of carboxylic acids is 2. The van der Waals surface area contributed by atoms with Gasteiger partial charge in [0.15, 0.2) is 23.2 Å². The highest BCUT2D eigenvalue weighted by molar-refractivity contribution is 8.00. The lowest BCUT2D eigenvalue weighted by Crippen LogP contribution is -2.71. The Labute approximate surface area is 238 Å². The van der Waals surface area contributed by atoms with Gasteiger partial charge in [0, 0.05) is 22.9 Å². The van der Waals surface area contributed by atoms with E-state index < -0.39 is 46.5 Å². The zero-order valence-corrected chi connectivity index (χ0v) is 23.2. The summed E-state index contributed by atoms with van der Waals surface area (Å²) >= 11 is 1.96. The third-order valence-electron chi connectivity index (χ3n) is 6.07. The molecule has 0 bridgehead atoms. The summed E-state index contributed by atoms with van der Waals surface area (Å²) in [6, 6.07) is -1.15. The van der Waals surface area contributed by atoms with Crippen LogP contribution in [0.25, 0.3) is 0 Å². The van der Waals surface area contributed by atoms with Gasteiger partial charge < -0.3 is 31.8 Å². The molecule has 216 valence electrons. The van der Waals surface area contributed by atoms with E-state index in [9.17, 15) is 34.2 Å². The molecular weight excluding hydrogens is 584 g/mol. The van der Waals surface area contributed by atoms with Crippen LogP contribution in [0.1, 0.15) is 19.7 Å². The Morgan fingerprint density at radius 1 is 1.34 bits per heavy atom. The van der Waals surface area contributed by atoms with E-state index >= 15 is 0 Å². The maximum Gasteiger partial charge on any atom is 0.352 e. The number of amides is 2. The average Bonchev–Trinajstić information content (AvgIpc) is 3.45. The highest BCUT2D eigenvalue weighted by Gasteiger charge is 2.55. The van der Waals surface area contributed by atoms with Crippen molar-refractivity contribution in [3.63, 3.8) is 0 Å². The summed E-state index contributed by atoms with van der Waals surface area (Å²) in [5, 5.41) is 24.6. The van der Waals surface area contributed by atoms with Crippen molar-refractivity contribution in [1.82, 2.24) is 24.3 Å². The van der Waals surface area contributed by atoms with Crippen LogP contribution in [0.2, 0.25) is 0 Å². The number of β-lactam (4-membered cyclic amide) rings is 1. The second kappa shape index (κ2) is 11.0. The average molecular weight is 608 g/mol. The fraction of sp³-hybridized carbons (Fsp3) is 0.381. The van der Waals surface area contributed by atoms with Gasteiger partial charge in [0.05, 0.1) is 7.05 Å². The van der Waals surface area contributed by atoms with Crippen LogP contribution in [0.3, 0.4) is 0 Å². The first-order valence-corrected chi connectivity index (χ1v) is 13.3. The maximum atomic E-state index is 13.2. The number of isocyanates is 1. The van der Waals surface area contributed by atoms with E-state index in [1.165, 1.54) is 47.2 Å². The molecule has 41 heavy (non-hydrogen) atoms. The highest BCUT2D eigenvalue weighted by atomic mass is 32.2. The van der Waals surface area contributed by atoms with E-state index in [0.717, 1.165) is 16.4 Å². The number of aliphatic imine (C=N–C) groups is 1. The van der Waals surface area contributed by atoms with Gasteiger partial charge in [-0.3, -0.25) is 14.5 Å². The molecule has 18 nitrogen and oxygen atoms in total. The van der Waals surface area contributed by atoms with Crippen molar-refractivity contribution in [2.75, 3.05) is 17.2 Å². The number of nitrogens with zero attached hydrogens (tertiary/aromatic N) is 7.